The average molecular weight is 274 g/mol. The van der Waals surface area contributed by atoms with Gasteiger partial charge in [-0.3, -0.25) is 4.79 Å². The first-order valence-corrected chi connectivity index (χ1v) is 6.60. The van der Waals surface area contributed by atoms with Crippen LogP contribution in [0.15, 0.2) is 0 Å². The highest BCUT2D eigenvalue weighted by Crippen LogP contribution is 2.16. The molecule has 2 rings (SSSR count). The molecule has 1 fully saturated rings. The summed E-state index contributed by atoms with van der Waals surface area (Å²) in [6.45, 7) is 6.82. The first kappa shape index (κ1) is 14.2. The second-order valence-corrected chi connectivity index (χ2v) is 4.73. The number of piperazine rings is 1. The molecule has 0 spiro atoms. The first-order chi connectivity index (χ1) is 9.63. The third kappa shape index (κ3) is 3.03. The number of amides is 1. The van der Waals surface area contributed by atoms with E-state index in [1.54, 1.807) is 11.8 Å². The Bertz CT molecular complexity index is 545. The standard InChI is InChI=1S/C13H18N6O/c1-9-10(2)17-18-13(11(9)7-14)16-8-12(20)19-5-3-15-4-6-19/h15H,3-6,8H2,1-2H3,(H,16,18). The van der Waals surface area contributed by atoms with Crippen LogP contribution in [0.5, 0.6) is 0 Å². The Morgan fingerprint density at radius 1 is 1.40 bits per heavy atom. The summed E-state index contributed by atoms with van der Waals surface area (Å²) < 4.78 is 0. The lowest BCUT2D eigenvalue weighted by Gasteiger charge is -2.27. The molecule has 0 unspecified atom stereocenters. The van der Waals surface area contributed by atoms with Crippen molar-refractivity contribution in [2.24, 2.45) is 0 Å². The minimum absolute atomic E-state index is 0.00965. The van der Waals surface area contributed by atoms with Crippen LogP contribution >= 0.6 is 0 Å². The Labute approximate surface area is 118 Å². The number of nitrogens with one attached hydrogen (secondary N) is 2. The van der Waals surface area contributed by atoms with Crippen LogP contribution in [0.4, 0.5) is 5.82 Å². The van der Waals surface area contributed by atoms with Crippen LogP contribution in [0.1, 0.15) is 16.8 Å². The lowest BCUT2D eigenvalue weighted by Crippen LogP contribution is -2.48. The van der Waals surface area contributed by atoms with Crippen molar-refractivity contribution in [3.05, 3.63) is 16.8 Å². The number of rotatable bonds is 3. The summed E-state index contributed by atoms with van der Waals surface area (Å²) in [7, 11) is 0. The fraction of sp³-hybridized carbons (Fsp3) is 0.538. The van der Waals surface area contributed by atoms with E-state index in [4.69, 9.17) is 0 Å². The molecule has 0 bridgehead atoms. The van der Waals surface area contributed by atoms with Gasteiger partial charge in [-0.05, 0) is 19.4 Å². The number of anilines is 1. The van der Waals surface area contributed by atoms with Crippen LogP contribution in [0.2, 0.25) is 0 Å². The van der Waals surface area contributed by atoms with Gasteiger partial charge in [0.05, 0.1) is 12.2 Å². The van der Waals surface area contributed by atoms with Gasteiger partial charge in [0.1, 0.15) is 11.6 Å². The SMILES string of the molecule is Cc1nnc(NCC(=O)N2CCNCC2)c(C#N)c1C. The van der Waals surface area contributed by atoms with E-state index in [9.17, 15) is 10.1 Å². The van der Waals surface area contributed by atoms with Gasteiger partial charge in [-0.15, -0.1) is 5.10 Å². The smallest absolute Gasteiger partial charge is 0.242 e. The Morgan fingerprint density at radius 3 is 2.75 bits per heavy atom. The van der Waals surface area contributed by atoms with Gasteiger partial charge in [0, 0.05) is 26.2 Å². The van der Waals surface area contributed by atoms with E-state index in [0.717, 1.165) is 24.3 Å². The molecule has 1 aliphatic rings. The molecule has 2 heterocycles. The highest BCUT2D eigenvalue weighted by Gasteiger charge is 2.17. The van der Waals surface area contributed by atoms with Gasteiger partial charge in [0.2, 0.25) is 5.91 Å². The summed E-state index contributed by atoms with van der Waals surface area (Å²) in [5, 5.41) is 23.2. The first-order valence-electron chi connectivity index (χ1n) is 6.60. The van der Waals surface area contributed by atoms with Gasteiger partial charge < -0.3 is 15.5 Å². The van der Waals surface area contributed by atoms with Crippen LogP contribution < -0.4 is 10.6 Å². The number of aromatic nitrogens is 2. The number of nitriles is 1. The fourth-order valence-electron chi connectivity index (χ4n) is 2.05. The summed E-state index contributed by atoms with van der Waals surface area (Å²) in [6.07, 6.45) is 0. The number of hydrogen-bond donors (Lipinski definition) is 2. The molecule has 0 atom stereocenters. The maximum atomic E-state index is 12.0. The fourth-order valence-corrected chi connectivity index (χ4v) is 2.05. The van der Waals surface area contributed by atoms with E-state index in [1.165, 1.54) is 0 Å². The minimum Gasteiger partial charge on any atom is -0.358 e. The molecule has 106 valence electrons. The van der Waals surface area contributed by atoms with Gasteiger partial charge in [0.15, 0.2) is 5.82 Å². The Morgan fingerprint density at radius 2 is 2.10 bits per heavy atom. The molecule has 0 aliphatic carbocycles. The lowest BCUT2D eigenvalue weighted by molar-refractivity contribution is -0.129. The highest BCUT2D eigenvalue weighted by atomic mass is 16.2. The van der Waals surface area contributed by atoms with Gasteiger partial charge in [0.25, 0.3) is 0 Å². The maximum absolute atomic E-state index is 12.0. The molecule has 1 saturated heterocycles. The number of carbonyl (C=O) groups excluding carboxylic acids is 1. The zero-order chi connectivity index (χ0) is 14.5. The number of carbonyl (C=O) groups is 1. The van der Waals surface area contributed by atoms with E-state index in [1.807, 2.05) is 6.92 Å². The van der Waals surface area contributed by atoms with Crippen molar-refractivity contribution in [1.29, 1.82) is 5.26 Å². The zero-order valence-corrected chi connectivity index (χ0v) is 11.7. The molecule has 1 aliphatic heterocycles. The van der Waals surface area contributed by atoms with Crippen molar-refractivity contribution in [1.82, 2.24) is 20.4 Å². The van der Waals surface area contributed by atoms with Crippen molar-refractivity contribution in [2.75, 3.05) is 38.0 Å². The van der Waals surface area contributed by atoms with Crippen molar-refractivity contribution < 1.29 is 4.79 Å². The van der Waals surface area contributed by atoms with E-state index >= 15 is 0 Å². The zero-order valence-electron chi connectivity index (χ0n) is 11.7. The van der Waals surface area contributed by atoms with Crippen molar-refractivity contribution >= 4 is 11.7 Å². The number of aryl methyl sites for hydroxylation is 1. The van der Waals surface area contributed by atoms with E-state index in [0.29, 0.717) is 24.5 Å². The summed E-state index contributed by atoms with van der Waals surface area (Å²) in [5.41, 5.74) is 1.96. The monoisotopic (exact) mass is 274 g/mol. The molecular formula is C13H18N6O. The second kappa shape index (κ2) is 6.30. The van der Waals surface area contributed by atoms with E-state index in [-0.39, 0.29) is 12.5 Å². The second-order valence-electron chi connectivity index (χ2n) is 4.73. The van der Waals surface area contributed by atoms with Gasteiger partial charge in [-0.25, -0.2) is 0 Å². The predicted molar refractivity (Wildman–Crippen MR) is 74.2 cm³/mol. The molecule has 7 heteroatoms. The van der Waals surface area contributed by atoms with E-state index in [2.05, 4.69) is 26.9 Å². The van der Waals surface area contributed by atoms with Crippen molar-refractivity contribution in [3.8, 4) is 6.07 Å². The average Bonchev–Trinajstić information content (AvgIpc) is 2.49. The van der Waals surface area contributed by atoms with Crippen LogP contribution in [0.25, 0.3) is 0 Å². The molecule has 2 N–H and O–H groups in total. The number of hydrogen-bond acceptors (Lipinski definition) is 6. The summed E-state index contributed by atoms with van der Waals surface area (Å²) >= 11 is 0. The summed E-state index contributed by atoms with van der Waals surface area (Å²) in [4.78, 5) is 13.8. The molecule has 1 aromatic rings. The third-order valence-corrected chi connectivity index (χ3v) is 3.44. The largest absolute Gasteiger partial charge is 0.358 e. The predicted octanol–water partition coefficient (Wildman–Crippen LogP) is -0.191. The Balaban J connectivity index is 2.02. The Kier molecular flexibility index (Phi) is 4.48. The molecule has 7 nitrogen and oxygen atoms in total. The van der Waals surface area contributed by atoms with Gasteiger partial charge in [-0.1, -0.05) is 0 Å². The van der Waals surface area contributed by atoms with Crippen molar-refractivity contribution in [3.63, 3.8) is 0 Å². The van der Waals surface area contributed by atoms with Crippen LogP contribution in [-0.4, -0.2) is 53.7 Å². The van der Waals surface area contributed by atoms with Crippen LogP contribution in [-0.2, 0) is 4.79 Å². The Hall–Kier alpha value is -2.20. The quantitative estimate of drug-likeness (QED) is 0.793. The maximum Gasteiger partial charge on any atom is 0.242 e. The molecule has 0 aromatic carbocycles. The highest BCUT2D eigenvalue weighted by molar-refractivity contribution is 5.81. The van der Waals surface area contributed by atoms with Crippen molar-refractivity contribution in [2.45, 2.75) is 13.8 Å². The van der Waals surface area contributed by atoms with Gasteiger partial charge >= 0.3 is 0 Å². The van der Waals surface area contributed by atoms with Crippen LogP contribution in [0, 0.1) is 25.2 Å². The molecule has 0 saturated carbocycles. The molecule has 1 aromatic heterocycles. The molecular weight excluding hydrogens is 256 g/mol. The van der Waals surface area contributed by atoms with Gasteiger partial charge in [-0.2, -0.15) is 10.4 Å². The minimum atomic E-state index is 0.00965. The molecule has 1 amide bonds. The third-order valence-electron chi connectivity index (χ3n) is 3.44. The number of nitrogens with zero attached hydrogens (tertiary/aromatic N) is 4. The summed E-state index contributed by atoms with van der Waals surface area (Å²) in [6, 6.07) is 2.11. The van der Waals surface area contributed by atoms with E-state index < -0.39 is 0 Å². The summed E-state index contributed by atoms with van der Waals surface area (Å²) in [5.74, 6) is 0.384. The lowest BCUT2D eigenvalue weighted by atomic mass is 10.1. The molecule has 0 radical (unpaired) electrons. The van der Waals surface area contributed by atoms with Crippen LogP contribution in [0.3, 0.4) is 0 Å². The molecule has 20 heavy (non-hydrogen) atoms. The normalized spacial score (nSPS) is 14.8. The topological polar surface area (TPSA) is 93.9 Å².